The SMILES string of the molecule is CC(C)CNCC(C)CCCc1ccccc1. The van der Waals surface area contributed by atoms with E-state index in [1.54, 1.807) is 0 Å². The number of hydrogen-bond acceptors (Lipinski definition) is 1. The zero-order valence-corrected chi connectivity index (χ0v) is 11.6. The van der Waals surface area contributed by atoms with Crippen LogP contribution in [0.2, 0.25) is 0 Å². The number of nitrogens with one attached hydrogen (secondary N) is 1. The molecule has 96 valence electrons. The summed E-state index contributed by atoms with van der Waals surface area (Å²) >= 11 is 0. The van der Waals surface area contributed by atoms with Crippen molar-refractivity contribution in [3.8, 4) is 0 Å². The number of hydrogen-bond donors (Lipinski definition) is 1. The van der Waals surface area contributed by atoms with E-state index >= 15 is 0 Å². The van der Waals surface area contributed by atoms with Crippen molar-refractivity contribution in [3.05, 3.63) is 35.9 Å². The summed E-state index contributed by atoms with van der Waals surface area (Å²) in [6.45, 7) is 9.16. The smallest absolute Gasteiger partial charge is 0.00230 e. The maximum Gasteiger partial charge on any atom is -0.00230 e. The lowest BCUT2D eigenvalue weighted by molar-refractivity contribution is 0.444. The normalized spacial score (nSPS) is 12.9. The van der Waals surface area contributed by atoms with Crippen molar-refractivity contribution in [1.29, 1.82) is 0 Å². The van der Waals surface area contributed by atoms with Gasteiger partial charge >= 0.3 is 0 Å². The van der Waals surface area contributed by atoms with Crippen LogP contribution in [0.4, 0.5) is 0 Å². The van der Waals surface area contributed by atoms with E-state index in [0.29, 0.717) is 0 Å². The average Bonchev–Trinajstić information content (AvgIpc) is 2.30. The van der Waals surface area contributed by atoms with Crippen LogP contribution >= 0.6 is 0 Å². The summed E-state index contributed by atoms with van der Waals surface area (Å²) in [6, 6.07) is 10.8. The van der Waals surface area contributed by atoms with Gasteiger partial charge in [0.15, 0.2) is 0 Å². The van der Waals surface area contributed by atoms with Crippen LogP contribution in [0.5, 0.6) is 0 Å². The summed E-state index contributed by atoms with van der Waals surface area (Å²) in [5, 5.41) is 3.53. The number of aryl methyl sites for hydroxylation is 1. The van der Waals surface area contributed by atoms with Gasteiger partial charge in [-0.3, -0.25) is 0 Å². The van der Waals surface area contributed by atoms with Gasteiger partial charge in [-0.1, -0.05) is 51.1 Å². The third-order valence-electron chi connectivity index (χ3n) is 3.05. The number of benzene rings is 1. The lowest BCUT2D eigenvalue weighted by atomic mass is 10.0. The molecule has 1 unspecified atom stereocenters. The van der Waals surface area contributed by atoms with Crippen LogP contribution in [-0.2, 0) is 6.42 Å². The van der Waals surface area contributed by atoms with Crippen LogP contribution in [0.25, 0.3) is 0 Å². The molecule has 1 aromatic rings. The molecular formula is C16H27N. The van der Waals surface area contributed by atoms with Gasteiger partial charge < -0.3 is 5.32 Å². The second kappa shape index (κ2) is 8.30. The van der Waals surface area contributed by atoms with Crippen LogP contribution in [-0.4, -0.2) is 13.1 Å². The van der Waals surface area contributed by atoms with Crippen LogP contribution in [0.3, 0.4) is 0 Å². The van der Waals surface area contributed by atoms with Gasteiger partial charge in [0, 0.05) is 0 Å². The summed E-state index contributed by atoms with van der Waals surface area (Å²) in [6.07, 6.45) is 3.84. The Hall–Kier alpha value is -0.820. The van der Waals surface area contributed by atoms with E-state index in [-0.39, 0.29) is 0 Å². The van der Waals surface area contributed by atoms with Crippen molar-refractivity contribution < 1.29 is 0 Å². The summed E-state index contributed by atoms with van der Waals surface area (Å²) in [7, 11) is 0. The second-order valence-electron chi connectivity index (χ2n) is 5.54. The highest BCUT2D eigenvalue weighted by Gasteiger charge is 2.02. The van der Waals surface area contributed by atoms with Gasteiger partial charge in [0.1, 0.15) is 0 Å². The predicted octanol–water partition coefficient (Wildman–Crippen LogP) is 3.89. The van der Waals surface area contributed by atoms with Crippen LogP contribution in [0.15, 0.2) is 30.3 Å². The molecule has 0 saturated carbocycles. The molecule has 0 fully saturated rings. The molecule has 1 atom stereocenters. The Morgan fingerprint density at radius 3 is 2.35 bits per heavy atom. The van der Waals surface area contributed by atoms with Crippen molar-refractivity contribution in [2.24, 2.45) is 11.8 Å². The average molecular weight is 233 g/mol. The molecule has 0 saturated heterocycles. The molecule has 0 bridgehead atoms. The molecule has 17 heavy (non-hydrogen) atoms. The highest BCUT2D eigenvalue weighted by molar-refractivity contribution is 5.14. The molecule has 0 heterocycles. The molecule has 1 heteroatoms. The predicted molar refractivity (Wildman–Crippen MR) is 76.3 cm³/mol. The molecular weight excluding hydrogens is 206 g/mol. The molecule has 1 aromatic carbocycles. The Balaban J connectivity index is 2.06. The minimum atomic E-state index is 0.756. The molecule has 0 aliphatic carbocycles. The van der Waals surface area contributed by atoms with Crippen molar-refractivity contribution in [2.75, 3.05) is 13.1 Å². The Bertz CT molecular complexity index is 279. The van der Waals surface area contributed by atoms with E-state index in [9.17, 15) is 0 Å². The third-order valence-corrected chi connectivity index (χ3v) is 3.05. The van der Waals surface area contributed by atoms with E-state index < -0.39 is 0 Å². The summed E-state index contributed by atoms with van der Waals surface area (Å²) < 4.78 is 0. The molecule has 1 rings (SSSR count). The maximum absolute atomic E-state index is 3.53. The largest absolute Gasteiger partial charge is 0.316 e. The standard InChI is InChI=1S/C16H27N/c1-14(2)12-17-13-15(3)8-7-11-16-9-5-4-6-10-16/h4-6,9-10,14-15,17H,7-8,11-13H2,1-3H3. The van der Waals surface area contributed by atoms with Crippen molar-refractivity contribution in [1.82, 2.24) is 5.32 Å². The van der Waals surface area contributed by atoms with E-state index in [1.165, 1.54) is 24.8 Å². The first kappa shape index (κ1) is 14.2. The van der Waals surface area contributed by atoms with Gasteiger partial charge in [-0.15, -0.1) is 0 Å². The zero-order chi connectivity index (χ0) is 12.5. The summed E-state index contributed by atoms with van der Waals surface area (Å²) in [4.78, 5) is 0. The first-order valence-corrected chi connectivity index (χ1v) is 6.93. The van der Waals surface area contributed by atoms with Crippen molar-refractivity contribution in [3.63, 3.8) is 0 Å². The lowest BCUT2D eigenvalue weighted by Crippen LogP contribution is -2.25. The van der Waals surface area contributed by atoms with E-state index in [1.807, 2.05) is 0 Å². The Labute approximate surface area is 107 Å². The highest BCUT2D eigenvalue weighted by Crippen LogP contribution is 2.09. The molecule has 0 radical (unpaired) electrons. The first-order chi connectivity index (χ1) is 8.18. The van der Waals surface area contributed by atoms with Crippen molar-refractivity contribution >= 4 is 0 Å². The highest BCUT2D eigenvalue weighted by atomic mass is 14.9. The van der Waals surface area contributed by atoms with Crippen molar-refractivity contribution in [2.45, 2.75) is 40.0 Å². The topological polar surface area (TPSA) is 12.0 Å². The molecule has 1 N–H and O–H groups in total. The molecule has 0 aliphatic heterocycles. The van der Waals surface area contributed by atoms with E-state index in [2.05, 4.69) is 56.4 Å². The Morgan fingerprint density at radius 2 is 1.71 bits per heavy atom. The van der Waals surface area contributed by atoms with Gasteiger partial charge in [0.25, 0.3) is 0 Å². The van der Waals surface area contributed by atoms with E-state index in [4.69, 9.17) is 0 Å². The zero-order valence-electron chi connectivity index (χ0n) is 11.6. The maximum atomic E-state index is 3.53. The molecule has 0 amide bonds. The third kappa shape index (κ3) is 7.17. The lowest BCUT2D eigenvalue weighted by Gasteiger charge is -2.13. The summed E-state index contributed by atoms with van der Waals surface area (Å²) in [5.74, 6) is 1.55. The minimum absolute atomic E-state index is 0.756. The molecule has 0 aliphatic rings. The molecule has 0 aromatic heterocycles. The van der Waals surface area contributed by atoms with Crippen LogP contribution in [0.1, 0.15) is 39.2 Å². The van der Waals surface area contributed by atoms with Gasteiger partial charge in [-0.25, -0.2) is 0 Å². The van der Waals surface area contributed by atoms with Crippen LogP contribution in [0, 0.1) is 11.8 Å². The fourth-order valence-corrected chi connectivity index (χ4v) is 2.02. The van der Waals surface area contributed by atoms with Gasteiger partial charge in [-0.05, 0) is 49.8 Å². The molecule has 0 spiro atoms. The monoisotopic (exact) mass is 233 g/mol. The van der Waals surface area contributed by atoms with Gasteiger partial charge in [0.2, 0.25) is 0 Å². The summed E-state index contributed by atoms with van der Waals surface area (Å²) in [5.41, 5.74) is 1.47. The number of rotatable bonds is 8. The van der Waals surface area contributed by atoms with Crippen LogP contribution < -0.4 is 5.32 Å². The second-order valence-corrected chi connectivity index (χ2v) is 5.54. The van der Waals surface area contributed by atoms with Gasteiger partial charge in [0.05, 0.1) is 0 Å². The Kier molecular flexibility index (Phi) is 6.95. The fraction of sp³-hybridized carbons (Fsp3) is 0.625. The fourth-order valence-electron chi connectivity index (χ4n) is 2.02. The quantitative estimate of drug-likeness (QED) is 0.718. The minimum Gasteiger partial charge on any atom is -0.316 e. The molecule has 1 nitrogen and oxygen atoms in total. The van der Waals surface area contributed by atoms with E-state index in [0.717, 1.165) is 24.9 Å². The first-order valence-electron chi connectivity index (χ1n) is 6.93. The van der Waals surface area contributed by atoms with Gasteiger partial charge in [-0.2, -0.15) is 0 Å². The Morgan fingerprint density at radius 1 is 1.00 bits per heavy atom.